The molecule has 0 N–H and O–H groups in total. The molecule has 0 saturated heterocycles. The van der Waals surface area contributed by atoms with Crippen LogP contribution in [-0.2, 0) is 6.42 Å². The van der Waals surface area contributed by atoms with E-state index in [1.807, 2.05) is 6.92 Å². The molecule has 0 radical (unpaired) electrons. The molecule has 0 aromatic heterocycles. The van der Waals surface area contributed by atoms with E-state index in [0.29, 0.717) is 28.9 Å². The van der Waals surface area contributed by atoms with Crippen LogP contribution in [0.3, 0.4) is 0 Å². The third-order valence-corrected chi connectivity index (χ3v) is 3.49. The summed E-state index contributed by atoms with van der Waals surface area (Å²) in [6.07, 6.45) is 3.58. The van der Waals surface area contributed by atoms with E-state index in [0.717, 1.165) is 0 Å². The van der Waals surface area contributed by atoms with E-state index < -0.39 is 4.92 Å². The topological polar surface area (TPSA) is 69.4 Å². The highest BCUT2D eigenvalue weighted by Gasteiger charge is 2.12. The second-order valence-electron chi connectivity index (χ2n) is 4.92. The van der Waals surface area contributed by atoms with Crippen LogP contribution < -0.4 is 4.74 Å². The third kappa shape index (κ3) is 4.03. The minimum absolute atomic E-state index is 0.0755. The van der Waals surface area contributed by atoms with Crippen LogP contribution in [-0.4, -0.2) is 17.8 Å². The lowest BCUT2D eigenvalue weighted by Crippen LogP contribution is -1.96. The van der Waals surface area contributed by atoms with E-state index in [1.54, 1.807) is 49.6 Å². The Bertz CT molecular complexity index is 748. The number of benzene rings is 2. The Morgan fingerprint density at radius 1 is 1.22 bits per heavy atom. The van der Waals surface area contributed by atoms with Gasteiger partial charge in [-0.1, -0.05) is 25.1 Å². The van der Waals surface area contributed by atoms with Crippen molar-refractivity contribution >= 4 is 17.5 Å². The third-order valence-electron chi connectivity index (χ3n) is 3.49. The number of nitro groups is 1. The van der Waals surface area contributed by atoms with E-state index in [2.05, 4.69) is 0 Å². The van der Waals surface area contributed by atoms with Crippen molar-refractivity contribution in [1.82, 2.24) is 0 Å². The van der Waals surface area contributed by atoms with Gasteiger partial charge < -0.3 is 4.74 Å². The minimum atomic E-state index is -0.401. The highest BCUT2D eigenvalue weighted by Crippen LogP contribution is 2.22. The summed E-state index contributed by atoms with van der Waals surface area (Å²) in [5.41, 5.74) is 1.90. The summed E-state index contributed by atoms with van der Waals surface area (Å²) in [5, 5.41) is 11.1. The molecule has 5 heteroatoms. The molecule has 2 aromatic rings. The summed E-state index contributed by atoms with van der Waals surface area (Å²) in [6, 6.07) is 11.7. The molecule has 0 heterocycles. The molecule has 0 aliphatic carbocycles. The van der Waals surface area contributed by atoms with Gasteiger partial charge in [0, 0.05) is 17.2 Å². The largest absolute Gasteiger partial charge is 0.497 e. The number of ether oxygens (including phenoxy) is 1. The highest BCUT2D eigenvalue weighted by atomic mass is 16.6. The summed E-state index contributed by atoms with van der Waals surface area (Å²) >= 11 is 0. The first-order valence-electron chi connectivity index (χ1n) is 7.19. The number of hydrogen-bond donors (Lipinski definition) is 0. The van der Waals surface area contributed by atoms with Gasteiger partial charge in [-0.25, -0.2) is 0 Å². The number of allylic oxidation sites excluding steroid dienone is 1. The van der Waals surface area contributed by atoms with Crippen molar-refractivity contribution < 1.29 is 14.5 Å². The average molecular weight is 311 g/mol. The van der Waals surface area contributed by atoms with Gasteiger partial charge in [-0.05, 0) is 42.3 Å². The van der Waals surface area contributed by atoms with Crippen molar-refractivity contribution in [2.75, 3.05) is 7.11 Å². The van der Waals surface area contributed by atoms with Crippen molar-refractivity contribution in [3.05, 3.63) is 75.3 Å². The highest BCUT2D eigenvalue weighted by molar-refractivity contribution is 6.06. The van der Waals surface area contributed by atoms with Crippen LogP contribution in [0.2, 0.25) is 0 Å². The number of ketones is 1. The second kappa shape index (κ2) is 7.35. The number of hydrogen-bond acceptors (Lipinski definition) is 4. The minimum Gasteiger partial charge on any atom is -0.497 e. The van der Waals surface area contributed by atoms with Crippen LogP contribution in [0.5, 0.6) is 5.75 Å². The van der Waals surface area contributed by atoms with Gasteiger partial charge in [-0.3, -0.25) is 14.9 Å². The van der Waals surface area contributed by atoms with Crippen molar-refractivity contribution in [2.24, 2.45) is 0 Å². The Labute approximate surface area is 134 Å². The quantitative estimate of drug-likeness (QED) is 0.349. The fourth-order valence-corrected chi connectivity index (χ4v) is 2.18. The standard InChI is InChI=1S/C18H17NO4/c1-3-14-6-4-13(12-17(14)19(21)22)5-11-18(20)15-7-9-16(23-2)10-8-15/h4-12H,3H2,1-2H3/b11-5+. The molecule has 0 bridgehead atoms. The van der Waals surface area contributed by atoms with E-state index in [4.69, 9.17) is 4.74 Å². The van der Waals surface area contributed by atoms with Crippen molar-refractivity contribution in [1.29, 1.82) is 0 Å². The van der Waals surface area contributed by atoms with Gasteiger partial charge in [-0.15, -0.1) is 0 Å². The monoisotopic (exact) mass is 311 g/mol. The molecule has 0 saturated carbocycles. The smallest absolute Gasteiger partial charge is 0.273 e. The molecular formula is C18H17NO4. The molecule has 5 nitrogen and oxygen atoms in total. The molecule has 0 amide bonds. The lowest BCUT2D eigenvalue weighted by atomic mass is 10.1. The van der Waals surface area contributed by atoms with E-state index in [9.17, 15) is 14.9 Å². The molecule has 0 atom stereocenters. The maximum absolute atomic E-state index is 12.1. The van der Waals surface area contributed by atoms with Gasteiger partial charge in [0.2, 0.25) is 0 Å². The Morgan fingerprint density at radius 2 is 1.91 bits per heavy atom. The molecule has 118 valence electrons. The molecule has 2 aromatic carbocycles. The Hall–Kier alpha value is -2.95. The normalized spacial score (nSPS) is 10.7. The molecule has 0 aliphatic rings. The molecule has 0 unspecified atom stereocenters. The maximum atomic E-state index is 12.1. The fourth-order valence-electron chi connectivity index (χ4n) is 2.18. The van der Waals surface area contributed by atoms with E-state index in [-0.39, 0.29) is 11.5 Å². The molecule has 0 fully saturated rings. The number of aryl methyl sites for hydroxylation is 1. The van der Waals surface area contributed by atoms with Crippen LogP contribution in [0.1, 0.15) is 28.4 Å². The van der Waals surface area contributed by atoms with Crippen LogP contribution in [0.25, 0.3) is 6.08 Å². The fraction of sp³-hybridized carbons (Fsp3) is 0.167. The van der Waals surface area contributed by atoms with Crippen LogP contribution in [0.4, 0.5) is 5.69 Å². The lowest BCUT2D eigenvalue weighted by Gasteiger charge is -2.02. The van der Waals surface area contributed by atoms with Gasteiger partial charge in [0.05, 0.1) is 12.0 Å². The Kier molecular flexibility index (Phi) is 5.25. The van der Waals surface area contributed by atoms with Crippen LogP contribution in [0, 0.1) is 10.1 Å². The molecule has 0 spiro atoms. The molecular weight excluding hydrogens is 294 g/mol. The summed E-state index contributed by atoms with van der Waals surface area (Å²) < 4.78 is 5.04. The van der Waals surface area contributed by atoms with Gasteiger partial charge in [0.15, 0.2) is 5.78 Å². The number of methoxy groups -OCH3 is 1. The zero-order valence-corrected chi connectivity index (χ0v) is 13.0. The first-order valence-corrected chi connectivity index (χ1v) is 7.19. The summed E-state index contributed by atoms with van der Waals surface area (Å²) in [5.74, 6) is 0.506. The number of nitro benzene ring substituents is 1. The van der Waals surface area contributed by atoms with Crippen LogP contribution >= 0.6 is 0 Å². The van der Waals surface area contributed by atoms with Crippen LogP contribution in [0.15, 0.2) is 48.5 Å². The van der Waals surface area contributed by atoms with Crippen molar-refractivity contribution in [2.45, 2.75) is 13.3 Å². The lowest BCUT2D eigenvalue weighted by molar-refractivity contribution is -0.385. The van der Waals surface area contributed by atoms with Gasteiger partial charge in [0.25, 0.3) is 5.69 Å². The van der Waals surface area contributed by atoms with Gasteiger partial charge in [-0.2, -0.15) is 0 Å². The number of rotatable bonds is 6. The molecule has 0 aliphatic heterocycles. The summed E-state index contributed by atoms with van der Waals surface area (Å²) in [4.78, 5) is 22.8. The average Bonchev–Trinajstić information content (AvgIpc) is 2.59. The summed E-state index contributed by atoms with van der Waals surface area (Å²) in [7, 11) is 1.56. The number of carbonyl (C=O) groups excluding carboxylic acids is 1. The maximum Gasteiger partial charge on any atom is 0.273 e. The molecule has 23 heavy (non-hydrogen) atoms. The van der Waals surface area contributed by atoms with Crippen molar-refractivity contribution in [3.8, 4) is 5.75 Å². The van der Waals surface area contributed by atoms with Gasteiger partial charge >= 0.3 is 0 Å². The number of carbonyl (C=O) groups is 1. The van der Waals surface area contributed by atoms with Gasteiger partial charge in [0.1, 0.15) is 5.75 Å². The predicted molar refractivity (Wildman–Crippen MR) is 88.8 cm³/mol. The zero-order valence-electron chi connectivity index (χ0n) is 13.0. The Balaban J connectivity index is 2.20. The zero-order chi connectivity index (χ0) is 16.8. The molecule has 2 rings (SSSR count). The predicted octanol–water partition coefficient (Wildman–Crippen LogP) is 4.06. The Morgan fingerprint density at radius 3 is 2.48 bits per heavy atom. The SMILES string of the molecule is CCc1ccc(/C=C/C(=O)c2ccc(OC)cc2)cc1[N+](=O)[O-]. The van der Waals surface area contributed by atoms with Crippen molar-refractivity contribution in [3.63, 3.8) is 0 Å². The number of nitrogens with zero attached hydrogens (tertiary/aromatic N) is 1. The van der Waals surface area contributed by atoms with E-state index >= 15 is 0 Å². The summed E-state index contributed by atoms with van der Waals surface area (Å²) in [6.45, 7) is 1.87. The first-order chi connectivity index (χ1) is 11.0. The second-order valence-corrected chi connectivity index (χ2v) is 4.92. The van der Waals surface area contributed by atoms with E-state index in [1.165, 1.54) is 12.1 Å². The first kappa shape index (κ1) is 16.4.